The maximum atomic E-state index is 12.9. The zero-order chi connectivity index (χ0) is 14.0. The summed E-state index contributed by atoms with van der Waals surface area (Å²) in [5, 5.41) is 0. The molecule has 21 heavy (non-hydrogen) atoms. The van der Waals surface area contributed by atoms with E-state index in [4.69, 9.17) is 6.42 Å². The molecule has 0 aromatic heterocycles. The molecule has 0 radical (unpaired) electrons. The van der Waals surface area contributed by atoms with Crippen LogP contribution in [0.4, 0.5) is 0 Å². The largest absolute Gasteiger partial charge is 0.339 e. The average Bonchev–Trinajstić information content (AvgIpc) is 3.35. The van der Waals surface area contributed by atoms with Gasteiger partial charge in [-0.05, 0) is 74.0 Å². The first-order valence-electron chi connectivity index (χ1n) is 8.92. The molecule has 0 unspecified atom stereocenters. The van der Waals surface area contributed by atoms with E-state index >= 15 is 0 Å². The van der Waals surface area contributed by atoms with Crippen LogP contribution in [0.5, 0.6) is 0 Å². The van der Waals surface area contributed by atoms with Gasteiger partial charge in [0.1, 0.15) is 0 Å². The van der Waals surface area contributed by atoms with Gasteiger partial charge in [-0.3, -0.25) is 4.79 Å². The van der Waals surface area contributed by atoms with Crippen LogP contribution in [0.3, 0.4) is 0 Å². The zero-order valence-corrected chi connectivity index (χ0v) is 12.6. The van der Waals surface area contributed by atoms with Crippen molar-refractivity contribution in [3.63, 3.8) is 0 Å². The minimum Gasteiger partial charge on any atom is -0.339 e. The molecular formula is C19H23NO. The number of rotatable bonds is 1. The first kappa shape index (κ1) is 11.6. The maximum absolute atomic E-state index is 12.9. The van der Waals surface area contributed by atoms with Gasteiger partial charge in [-0.1, -0.05) is 5.92 Å². The molecule has 1 heterocycles. The van der Waals surface area contributed by atoms with E-state index in [-0.39, 0.29) is 10.8 Å². The summed E-state index contributed by atoms with van der Waals surface area (Å²) in [5.74, 6) is 8.86. The molecule has 0 spiro atoms. The third-order valence-electron chi connectivity index (χ3n) is 8.55. The molecule has 2 nitrogen and oxygen atoms in total. The Morgan fingerprint density at radius 1 is 0.857 bits per heavy atom. The summed E-state index contributed by atoms with van der Waals surface area (Å²) < 4.78 is 0. The van der Waals surface area contributed by atoms with Crippen molar-refractivity contribution in [3.8, 4) is 12.3 Å². The fourth-order valence-corrected chi connectivity index (χ4v) is 7.96. The van der Waals surface area contributed by atoms with Crippen LogP contribution >= 0.6 is 0 Å². The molecule has 1 aliphatic heterocycles. The normalized spacial score (nSPS) is 61.2. The lowest BCUT2D eigenvalue weighted by Crippen LogP contribution is -2.69. The molecule has 2 heteroatoms. The van der Waals surface area contributed by atoms with E-state index in [1.165, 1.54) is 38.5 Å². The Balaban J connectivity index is 1.44. The van der Waals surface area contributed by atoms with Gasteiger partial charge in [0, 0.05) is 18.5 Å². The lowest BCUT2D eigenvalue weighted by Gasteiger charge is -2.73. The lowest BCUT2D eigenvalue weighted by molar-refractivity contribution is -0.243. The Hall–Kier alpha value is -0.970. The molecule has 8 rings (SSSR count). The molecule has 0 N–H and O–H groups in total. The molecule has 8 aliphatic rings. The number of amides is 1. The summed E-state index contributed by atoms with van der Waals surface area (Å²) in [6.07, 6.45) is 13.4. The van der Waals surface area contributed by atoms with Crippen LogP contribution in [0.25, 0.3) is 0 Å². The Kier molecular flexibility index (Phi) is 1.76. The van der Waals surface area contributed by atoms with Crippen LogP contribution < -0.4 is 0 Å². The average molecular weight is 281 g/mol. The van der Waals surface area contributed by atoms with E-state index in [0.29, 0.717) is 5.91 Å². The molecule has 7 aliphatic carbocycles. The predicted molar refractivity (Wildman–Crippen MR) is 78.9 cm³/mol. The zero-order valence-electron chi connectivity index (χ0n) is 12.6. The highest BCUT2D eigenvalue weighted by Crippen LogP contribution is 2.76. The molecule has 8 fully saturated rings. The van der Waals surface area contributed by atoms with E-state index in [2.05, 4.69) is 10.8 Å². The van der Waals surface area contributed by atoms with E-state index in [1.807, 2.05) is 0 Å². The molecular weight excluding hydrogens is 258 g/mol. The molecule has 8 bridgehead atoms. The van der Waals surface area contributed by atoms with Crippen molar-refractivity contribution in [3.05, 3.63) is 0 Å². The minimum atomic E-state index is 0.0630. The van der Waals surface area contributed by atoms with Gasteiger partial charge in [-0.15, -0.1) is 6.42 Å². The topological polar surface area (TPSA) is 20.1 Å². The summed E-state index contributed by atoms with van der Waals surface area (Å²) in [5.41, 5.74) is 0.318. The highest BCUT2D eigenvalue weighted by molar-refractivity contribution is 5.85. The van der Waals surface area contributed by atoms with Crippen molar-refractivity contribution in [2.75, 3.05) is 13.1 Å². The van der Waals surface area contributed by atoms with E-state index < -0.39 is 0 Å². The van der Waals surface area contributed by atoms with Gasteiger partial charge < -0.3 is 4.90 Å². The number of hydrogen-bond donors (Lipinski definition) is 0. The van der Waals surface area contributed by atoms with Gasteiger partial charge in [-0.25, -0.2) is 0 Å². The van der Waals surface area contributed by atoms with E-state index in [0.717, 1.165) is 48.6 Å². The Bertz CT molecular complexity index is 532. The van der Waals surface area contributed by atoms with Crippen LogP contribution in [0.1, 0.15) is 38.5 Å². The standard InChI is InChI=1S/C19H23NO/c1-2-18-5-11-14-8-19(17(21)20-3-4-20)9-15(11)13(7-18)16(10-19)12(14)6-18/h1,11-16H,3-10H2. The van der Waals surface area contributed by atoms with E-state index in [9.17, 15) is 4.79 Å². The molecule has 7 saturated carbocycles. The Morgan fingerprint density at radius 2 is 1.29 bits per heavy atom. The van der Waals surface area contributed by atoms with Crippen molar-refractivity contribution in [2.45, 2.75) is 38.5 Å². The van der Waals surface area contributed by atoms with Gasteiger partial charge in [0.05, 0.1) is 5.41 Å². The quantitative estimate of drug-likeness (QED) is 0.534. The lowest BCUT2D eigenvalue weighted by atomic mass is 9.30. The summed E-state index contributed by atoms with van der Waals surface area (Å²) in [7, 11) is 0. The second-order valence-electron chi connectivity index (χ2n) is 9.21. The van der Waals surface area contributed by atoms with Gasteiger partial charge in [0.15, 0.2) is 0 Å². The molecule has 1 amide bonds. The number of terminal acetylenes is 1. The van der Waals surface area contributed by atoms with Crippen molar-refractivity contribution in [2.24, 2.45) is 46.3 Å². The Morgan fingerprint density at radius 3 is 1.67 bits per heavy atom. The third kappa shape index (κ3) is 1.16. The minimum absolute atomic E-state index is 0.0630. The van der Waals surface area contributed by atoms with E-state index in [1.54, 1.807) is 0 Å². The van der Waals surface area contributed by atoms with Gasteiger partial charge in [0.25, 0.3) is 0 Å². The van der Waals surface area contributed by atoms with Gasteiger partial charge in [-0.2, -0.15) is 0 Å². The Labute approximate surface area is 126 Å². The first-order chi connectivity index (χ1) is 10.1. The highest BCUT2D eigenvalue weighted by Gasteiger charge is 2.72. The van der Waals surface area contributed by atoms with Crippen LogP contribution in [0.15, 0.2) is 0 Å². The number of hydrogen-bond acceptors (Lipinski definition) is 1. The van der Waals surface area contributed by atoms with Crippen molar-refractivity contribution in [1.82, 2.24) is 4.90 Å². The second kappa shape index (κ2) is 3.19. The third-order valence-corrected chi connectivity index (χ3v) is 8.55. The smallest absolute Gasteiger partial charge is 0.228 e. The molecule has 1 saturated heterocycles. The van der Waals surface area contributed by atoms with Crippen LogP contribution in [-0.2, 0) is 4.79 Å². The van der Waals surface area contributed by atoms with Crippen molar-refractivity contribution >= 4 is 5.91 Å². The summed E-state index contributed by atoms with van der Waals surface area (Å²) in [6.45, 7) is 2.05. The summed E-state index contributed by atoms with van der Waals surface area (Å²) in [6, 6.07) is 0. The SMILES string of the molecule is C#CC12CC3C4CC5(C(=O)N6CC6)CC3C(C1)C(C5)C4C2. The predicted octanol–water partition coefficient (Wildman–Crippen LogP) is 2.54. The first-order valence-corrected chi connectivity index (χ1v) is 8.92. The fourth-order valence-electron chi connectivity index (χ4n) is 7.96. The maximum Gasteiger partial charge on any atom is 0.228 e. The van der Waals surface area contributed by atoms with Gasteiger partial charge in [0.2, 0.25) is 5.91 Å². The monoisotopic (exact) mass is 281 g/mol. The fraction of sp³-hybridized carbons (Fsp3) is 0.842. The molecule has 110 valence electrons. The van der Waals surface area contributed by atoms with Crippen LogP contribution in [0.2, 0.25) is 0 Å². The highest BCUT2D eigenvalue weighted by atomic mass is 16.2. The van der Waals surface area contributed by atoms with Crippen LogP contribution in [-0.4, -0.2) is 23.9 Å². The number of carbonyl (C=O) groups excluding carboxylic acids is 1. The summed E-state index contributed by atoms with van der Waals surface area (Å²) in [4.78, 5) is 15.0. The van der Waals surface area contributed by atoms with Crippen LogP contribution in [0, 0.1) is 58.7 Å². The van der Waals surface area contributed by atoms with Crippen molar-refractivity contribution < 1.29 is 4.79 Å². The molecule has 0 aromatic carbocycles. The molecule has 0 atom stereocenters. The molecule has 0 aromatic rings. The van der Waals surface area contributed by atoms with Gasteiger partial charge >= 0.3 is 0 Å². The van der Waals surface area contributed by atoms with Crippen molar-refractivity contribution in [1.29, 1.82) is 0 Å². The second-order valence-corrected chi connectivity index (χ2v) is 9.21. The summed E-state index contributed by atoms with van der Waals surface area (Å²) >= 11 is 0. The number of nitrogens with zero attached hydrogens (tertiary/aromatic N) is 1. The number of carbonyl (C=O) groups is 1.